The van der Waals surface area contributed by atoms with Crippen molar-refractivity contribution in [1.29, 1.82) is 0 Å². The molecule has 4 aliphatic carbocycles. The van der Waals surface area contributed by atoms with E-state index in [4.69, 9.17) is 0 Å². The summed E-state index contributed by atoms with van der Waals surface area (Å²) in [6, 6.07) is 6.08. The van der Waals surface area contributed by atoms with Crippen molar-refractivity contribution >= 4 is 21.6 Å². The molecule has 0 aliphatic heterocycles. The van der Waals surface area contributed by atoms with Crippen molar-refractivity contribution in [3.63, 3.8) is 0 Å². The summed E-state index contributed by atoms with van der Waals surface area (Å²) in [5.41, 5.74) is 0.0665. The molecule has 0 radical (unpaired) electrons. The van der Waals surface area contributed by atoms with Gasteiger partial charge in [0.2, 0.25) is 5.91 Å². The molecule has 0 heterocycles. The minimum atomic E-state index is -3.88. The topological polar surface area (TPSA) is 91.2 Å². The summed E-state index contributed by atoms with van der Waals surface area (Å²) in [6.07, 6.45) is 6.14. The first-order valence-corrected chi connectivity index (χ1v) is 11.0. The number of nitrogens with one attached hydrogen (secondary N) is 1. The molecule has 0 saturated heterocycles. The number of rotatable bonds is 5. The predicted molar refractivity (Wildman–Crippen MR) is 101 cm³/mol. The monoisotopic (exact) mass is 390 g/mol. The molecular weight excluding hydrogens is 364 g/mol. The van der Waals surface area contributed by atoms with Gasteiger partial charge in [0.05, 0.1) is 16.0 Å². The Bertz CT molecular complexity index is 826. The van der Waals surface area contributed by atoms with E-state index < -0.39 is 15.4 Å². The first kappa shape index (κ1) is 18.4. The summed E-state index contributed by atoms with van der Waals surface area (Å²) < 4.78 is 27.8. The maximum atomic E-state index is 13.0. The lowest BCUT2D eigenvalue weighted by atomic mass is 9.49. The van der Waals surface area contributed by atoms with Crippen molar-refractivity contribution in [3.05, 3.63) is 24.3 Å². The number of amides is 1. The molecule has 0 unspecified atom stereocenters. The summed E-state index contributed by atoms with van der Waals surface area (Å²) in [6.45, 7) is 0. The van der Waals surface area contributed by atoms with Crippen LogP contribution in [0.4, 0.5) is 5.69 Å². The Morgan fingerprint density at radius 1 is 1.04 bits per heavy atom. The van der Waals surface area contributed by atoms with E-state index in [-0.39, 0.29) is 10.8 Å². The van der Waals surface area contributed by atoms with Gasteiger partial charge < -0.3 is 0 Å². The molecule has 7 nitrogen and oxygen atoms in total. The lowest BCUT2D eigenvalue weighted by Crippen LogP contribution is -2.54. The van der Waals surface area contributed by atoms with Crippen molar-refractivity contribution in [1.82, 2.24) is 9.73 Å². The molecule has 27 heavy (non-hydrogen) atoms. The molecular formula is C19H26N4O3S. The van der Waals surface area contributed by atoms with Gasteiger partial charge in [-0.05, 0) is 80.5 Å². The van der Waals surface area contributed by atoms with Gasteiger partial charge in [0.1, 0.15) is 0 Å². The number of carbonyl (C=O) groups excluding carboxylic acids is 1. The molecule has 1 aromatic carbocycles. The van der Waals surface area contributed by atoms with Crippen molar-refractivity contribution in [2.24, 2.45) is 33.5 Å². The number of carbonyl (C=O) groups is 1. The van der Waals surface area contributed by atoms with E-state index in [1.54, 1.807) is 31.2 Å². The van der Waals surface area contributed by atoms with E-state index in [9.17, 15) is 13.2 Å². The summed E-state index contributed by atoms with van der Waals surface area (Å²) in [7, 11) is -0.379. The van der Waals surface area contributed by atoms with Crippen LogP contribution in [0.5, 0.6) is 0 Å². The van der Waals surface area contributed by atoms with E-state index in [1.165, 1.54) is 31.4 Å². The molecule has 1 N–H and O–H groups in total. The van der Waals surface area contributed by atoms with Crippen LogP contribution < -0.4 is 4.72 Å². The normalized spacial score (nSPS) is 32.0. The van der Waals surface area contributed by atoms with Crippen LogP contribution in [0.15, 0.2) is 39.5 Å². The van der Waals surface area contributed by atoms with Crippen molar-refractivity contribution in [3.8, 4) is 0 Å². The zero-order valence-corrected chi connectivity index (χ0v) is 16.6. The molecule has 4 saturated carbocycles. The van der Waals surface area contributed by atoms with E-state index in [0.717, 1.165) is 19.3 Å². The Kier molecular flexibility index (Phi) is 4.49. The molecule has 4 bridgehead atoms. The third-order valence-electron chi connectivity index (χ3n) is 6.23. The second-order valence-electron chi connectivity index (χ2n) is 8.66. The minimum absolute atomic E-state index is 0.0735. The highest BCUT2D eigenvalue weighted by atomic mass is 32.2. The quantitative estimate of drug-likeness (QED) is 0.617. The molecule has 146 valence electrons. The van der Waals surface area contributed by atoms with Crippen LogP contribution in [0.1, 0.15) is 38.5 Å². The first-order chi connectivity index (χ1) is 12.8. The Hall–Kier alpha value is -1.96. The standard InChI is InChI=1S/C19H26N4O3S/c1-23(2)22-20-16-3-5-17(6-4-16)27(25,26)21-18(24)19-10-13-7-14(11-19)9-15(8-13)12-19/h3-6,13-15H,7-12H2,1-2H3,(H,21,24). The number of benzene rings is 1. The zero-order valence-electron chi connectivity index (χ0n) is 15.8. The maximum absolute atomic E-state index is 13.0. The van der Waals surface area contributed by atoms with Gasteiger partial charge in [-0.25, -0.2) is 13.1 Å². The highest BCUT2D eigenvalue weighted by Crippen LogP contribution is 2.60. The number of nitrogens with zero attached hydrogens (tertiary/aromatic N) is 3. The van der Waals surface area contributed by atoms with Gasteiger partial charge in [0, 0.05) is 14.1 Å². The van der Waals surface area contributed by atoms with Crippen molar-refractivity contribution in [2.45, 2.75) is 43.4 Å². The fourth-order valence-corrected chi connectivity index (χ4v) is 6.58. The van der Waals surface area contributed by atoms with Crippen molar-refractivity contribution in [2.75, 3.05) is 14.1 Å². The summed E-state index contributed by atoms with van der Waals surface area (Å²) in [5, 5.41) is 9.42. The highest BCUT2D eigenvalue weighted by molar-refractivity contribution is 7.90. The van der Waals surface area contributed by atoms with Crippen LogP contribution in [0, 0.1) is 23.2 Å². The van der Waals surface area contributed by atoms with Crippen LogP contribution in [0.2, 0.25) is 0 Å². The average Bonchev–Trinajstić information content (AvgIpc) is 2.59. The Balaban J connectivity index is 1.49. The summed E-state index contributed by atoms with van der Waals surface area (Å²) in [4.78, 5) is 13.1. The number of hydrogen-bond acceptors (Lipinski definition) is 5. The smallest absolute Gasteiger partial charge is 0.264 e. The zero-order chi connectivity index (χ0) is 19.2. The Labute approximate surface area is 160 Å². The van der Waals surface area contributed by atoms with Crippen molar-refractivity contribution < 1.29 is 13.2 Å². The van der Waals surface area contributed by atoms with Gasteiger partial charge in [0.25, 0.3) is 10.0 Å². The summed E-state index contributed by atoms with van der Waals surface area (Å²) in [5.74, 6) is 1.46. The third kappa shape index (κ3) is 3.59. The predicted octanol–water partition coefficient (Wildman–Crippen LogP) is 3.27. The molecule has 0 atom stereocenters. The molecule has 5 rings (SSSR count). The lowest BCUT2D eigenvalue weighted by Gasteiger charge is -2.55. The fourth-order valence-electron chi connectivity index (χ4n) is 5.51. The lowest BCUT2D eigenvalue weighted by molar-refractivity contribution is -0.144. The average molecular weight is 391 g/mol. The van der Waals surface area contributed by atoms with Gasteiger partial charge in [-0.1, -0.05) is 5.22 Å². The maximum Gasteiger partial charge on any atom is 0.264 e. The van der Waals surface area contributed by atoms with Gasteiger partial charge >= 0.3 is 0 Å². The molecule has 0 spiro atoms. The largest absolute Gasteiger partial charge is 0.285 e. The second kappa shape index (κ2) is 6.58. The molecule has 0 aromatic heterocycles. The van der Waals surface area contributed by atoms with Gasteiger partial charge in [-0.15, -0.1) is 5.11 Å². The van der Waals surface area contributed by atoms with E-state index in [1.807, 2.05) is 0 Å². The molecule has 4 fully saturated rings. The number of sulfonamides is 1. The van der Waals surface area contributed by atoms with Crippen LogP contribution >= 0.6 is 0 Å². The SMILES string of the molecule is CN(C)N=Nc1ccc(S(=O)(=O)NC(=O)C23CC4CC(CC(C4)C2)C3)cc1. The van der Waals surface area contributed by atoms with Gasteiger partial charge in [0.15, 0.2) is 0 Å². The van der Waals surface area contributed by atoms with E-state index in [0.29, 0.717) is 23.4 Å². The summed E-state index contributed by atoms with van der Waals surface area (Å²) >= 11 is 0. The van der Waals surface area contributed by atoms with E-state index >= 15 is 0 Å². The number of hydrogen-bond donors (Lipinski definition) is 1. The van der Waals surface area contributed by atoms with Crippen LogP contribution in [-0.4, -0.2) is 33.4 Å². The van der Waals surface area contributed by atoms with Gasteiger partial charge in [-0.3, -0.25) is 9.80 Å². The second-order valence-corrected chi connectivity index (χ2v) is 10.3. The fraction of sp³-hybridized carbons (Fsp3) is 0.632. The Morgan fingerprint density at radius 2 is 1.56 bits per heavy atom. The van der Waals surface area contributed by atoms with E-state index in [2.05, 4.69) is 15.1 Å². The third-order valence-corrected chi connectivity index (χ3v) is 7.58. The van der Waals surface area contributed by atoms with Gasteiger partial charge in [-0.2, -0.15) is 0 Å². The Morgan fingerprint density at radius 3 is 2.04 bits per heavy atom. The molecule has 8 heteroatoms. The highest BCUT2D eigenvalue weighted by Gasteiger charge is 2.55. The molecule has 1 amide bonds. The van der Waals surface area contributed by atoms with Crippen LogP contribution in [0.25, 0.3) is 0 Å². The minimum Gasteiger partial charge on any atom is -0.285 e. The molecule has 4 aliphatic rings. The first-order valence-electron chi connectivity index (χ1n) is 9.52. The van der Waals surface area contributed by atoms with Crippen LogP contribution in [0.3, 0.4) is 0 Å². The van der Waals surface area contributed by atoms with Crippen LogP contribution in [-0.2, 0) is 14.8 Å². The molecule has 1 aromatic rings.